The van der Waals surface area contributed by atoms with E-state index >= 15 is 0 Å². The second-order valence-electron chi connectivity index (χ2n) is 4.38. The van der Waals surface area contributed by atoms with Gasteiger partial charge in [-0.1, -0.05) is 0 Å². The fourth-order valence-corrected chi connectivity index (χ4v) is 2.85. The van der Waals surface area contributed by atoms with E-state index in [9.17, 15) is 0 Å². The summed E-state index contributed by atoms with van der Waals surface area (Å²) in [5, 5.41) is 1.07. The van der Waals surface area contributed by atoms with E-state index in [1.165, 1.54) is 0 Å². The first-order valence-corrected chi connectivity index (χ1v) is 6.80. The molecule has 18 heavy (non-hydrogen) atoms. The van der Waals surface area contributed by atoms with Gasteiger partial charge in [0.2, 0.25) is 0 Å². The van der Waals surface area contributed by atoms with Crippen molar-refractivity contribution in [2.75, 3.05) is 37.9 Å². The van der Waals surface area contributed by atoms with Crippen LogP contribution in [-0.4, -0.2) is 32.3 Å². The highest BCUT2D eigenvalue weighted by Gasteiger charge is 2.09. The van der Waals surface area contributed by atoms with Crippen molar-refractivity contribution in [3.8, 4) is 0 Å². The molecule has 0 saturated carbocycles. The van der Waals surface area contributed by atoms with E-state index in [0.717, 1.165) is 46.2 Å². The van der Waals surface area contributed by atoms with Crippen LogP contribution in [0.1, 0.15) is 11.4 Å². The van der Waals surface area contributed by atoms with Crippen molar-refractivity contribution in [1.29, 1.82) is 0 Å². The summed E-state index contributed by atoms with van der Waals surface area (Å²) < 4.78 is 6.22. The monoisotopic (exact) mass is 265 g/mol. The lowest BCUT2D eigenvalue weighted by molar-refractivity contribution is 0.196. The van der Waals surface area contributed by atoms with Crippen molar-refractivity contribution < 1.29 is 4.74 Å². The fraction of sp³-hybridized carbons (Fsp3) is 0.462. The molecule has 5 heteroatoms. The van der Waals surface area contributed by atoms with Gasteiger partial charge in [-0.2, -0.15) is 0 Å². The number of thiazole rings is 1. The molecule has 2 aromatic rings. The number of nitrogens with zero attached hydrogens (tertiary/aromatic N) is 2. The summed E-state index contributed by atoms with van der Waals surface area (Å²) in [5.74, 6) is 0. The van der Waals surface area contributed by atoms with Crippen molar-refractivity contribution in [2.24, 2.45) is 0 Å². The minimum atomic E-state index is 0.766. The van der Waals surface area contributed by atoms with Crippen molar-refractivity contribution in [3.63, 3.8) is 0 Å². The number of benzene rings is 1. The number of aromatic nitrogens is 1. The number of ether oxygens (including phenoxy) is 1. The molecule has 0 spiro atoms. The van der Waals surface area contributed by atoms with Crippen LogP contribution in [-0.2, 0) is 4.74 Å². The SMILES string of the molecule is COCCCN(C)c1cc2nc(C)sc2cc1N. The highest BCUT2D eigenvalue weighted by Crippen LogP contribution is 2.31. The second kappa shape index (κ2) is 5.54. The molecule has 1 aromatic carbocycles. The summed E-state index contributed by atoms with van der Waals surface area (Å²) in [6, 6.07) is 4.09. The number of aryl methyl sites for hydroxylation is 1. The van der Waals surface area contributed by atoms with Gasteiger partial charge in [-0.25, -0.2) is 4.98 Å². The molecule has 0 unspecified atom stereocenters. The Morgan fingerprint density at radius 3 is 2.94 bits per heavy atom. The molecular weight excluding hydrogens is 246 g/mol. The van der Waals surface area contributed by atoms with Gasteiger partial charge < -0.3 is 15.4 Å². The highest BCUT2D eigenvalue weighted by molar-refractivity contribution is 7.18. The van der Waals surface area contributed by atoms with Crippen LogP contribution in [0.3, 0.4) is 0 Å². The van der Waals surface area contributed by atoms with Crippen LogP contribution in [0.4, 0.5) is 11.4 Å². The third kappa shape index (κ3) is 2.73. The van der Waals surface area contributed by atoms with E-state index in [2.05, 4.69) is 16.0 Å². The van der Waals surface area contributed by atoms with Crippen molar-refractivity contribution >= 4 is 32.9 Å². The Labute approximate surface area is 111 Å². The van der Waals surface area contributed by atoms with Crippen LogP contribution in [0, 0.1) is 6.92 Å². The number of nitrogens with two attached hydrogens (primary N) is 1. The van der Waals surface area contributed by atoms with Crippen molar-refractivity contribution in [1.82, 2.24) is 4.98 Å². The van der Waals surface area contributed by atoms with E-state index in [1.54, 1.807) is 18.4 Å². The van der Waals surface area contributed by atoms with Crippen LogP contribution in [0.2, 0.25) is 0 Å². The minimum Gasteiger partial charge on any atom is -0.397 e. The van der Waals surface area contributed by atoms with E-state index in [1.807, 2.05) is 20.0 Å². The minimum absolute atomic E-state index is 0.766. The molecule has 0 aliphatic carbocycles. The summed E-state index contributed by atoms with van der Waals surface area (Å²) in [6.07, 6.45) is 0.987. The van der Waals surface area contributed by atoms with Gasteiger partial charge in [-0.05, 0) is 25.5 Å². The molecule has 0 radical (unpaired) electrons. The van der Waals surface area contributed by atoms with Crippen LogP contribution < -0.4 is 10.6 Å². The maximum Gasteiger partial charge on any atom is 0.0907 e. The summed E-state index contributed by atoms with van der Waals surface area (Å²) >= 11 is 1.68. The molecule has 0 aliphatic rings. The summed E-state index contributed by atoms with van der Waals surface area (Å²) in [7, 11) is 3.77. The Hall–Kier alpha value is -1.33. The van der Waals surface area contributed by atoms with Gasteiger partial charge in [-0.3, -0.25) is 0 Å². The number of hydrogen-bond donors (Lipinski definition) is 1. The molecule has 2 rings (SSSR count). The predicted molar refractivity (Wildman–Crippen MR) is 78.5 cm³/mol. The Morgan fingerprint density at radius 1 is 1.44 bits per heavy atom. The average Bonchev–Trinajstić information content (AvgIpc) is 2.67. The summed E-state index contributed by atoms with van der Waals surface area (Å²) in [5.41, 5.74) is 8.99. The molecule has 0 bridgehead atoms. The molecule has 2 N–H and O–H groups in total. The van der Waals surface area contributed by atoms with Crippen molar-refractivity contribution in [3.05, 3.63) is 17.1 Å². The van der Waals surface area contributed by atoms with Gasteiger partial charge in [0, 0.05) is 27.3 Å². The average molecular weight is 265 g/mol. The smallest absolute Gasteiger partial charge is 0.0907 e. The standard InChI is InChI=1S/C13H19N3OS/c1-9-15-11-8-12(10(14)7-13(11)18-9)16(2)5-4-6-17-3/h7-8H,4-6,14H2,1-3H3. The molecule has 1 aromatic heterocycles. The van der Waals surface area contributed by atoms with Gasteiger partial charge in [0.25, 0.3) is 0 Å². The maximum atomic E-state index is 6.11. The van der Waals surface area contributed by atoms with Gasteiger partial charge in [0.05, 0.1) is 26.6 Å². The molecule has 0 amide bonds. The molecule has 98 valence electrons. The second-order valence-corrected chi connectivity index (χ2v) is 5.61. The first-order valence-electron chi connectivity index (χ1n) is 5.98. The first-order chi connectivity index (χ1) is 8.61. The molecule has 1 heterocycles. The normalized spacial score (nSPS) is 11.1. The van der Waals surface area contributed by atoms with Gasteiger partial charge in [-0.15, -0.1) is 11.3 Å². The third-order valence-electron chi connectivity index (χ3n) is 2.90. The Kier molecular flexibility index (Phi) is 4.04. The zero-order valence-corrected chi connectivity index (χ0v) is 11.9. The quantitative estimate of drug-likeness (QED) is 0.667. The topological polar surface area (TPSA) is 51.4 Å². The van der Waals surface area contributed by atoms with Crippen LogP contribution in [0.25, 0.3) is 10.2 Å². The number of hydrogen-bond acceptors (Lipinski definition) is 5. The predicted octanol–water partition coefficient (Wildman–Crippen LogP) is 2.66. The summed E-state index contributed by atoms with van der Waals surface area (Å²) in [4.78, 5) is 6.66. The van der Waals surface area contributed by atoms with Gasteiger partial charge in [0.1, 0.15) is 0 Å². The zero-order valence-electron chi connectivity index (χ0n) is 11.1. The molecule has 0 atom stereocenters. The summed E-state index contributed by atoms with van der Waals surface area (Å²) in [6.45, 7) is 3.71. The Balaban J connectivity index is 2.23. The number of nitrogen functional groups attached to an aromatic ring is 1. The Bertz CT molecular complexity index is 538. The van der Waals surface area contributed by atoms with E-state index in [4.69, 9.17) is 10.5 Å². The molecule has 4 nitrogen and oxygen atoms in total. The number of anilines is 2. The zero-order chi connectivity index (χ0) is 13.1. The largest absolute Gasteiger partial charge is 0.397 e. The first kappa shape index (κ1) is 13.1. The highest BCUT2D eigenvalue weighted by atomic mass is 32.1. The lowest BCUT2D eigenvalue weighted by Gasteiger charge is -2.20. The molecule has 0 saturated heterocycles. The third-order valence-corrected chi connectivity index (χ3v) is 3.83. The molecule has 0 aliphatic heterocycles. The fourth-order valence-electron chi connectivity index (χ4n) is 1.99. The lowest BCUT2D eigenvalue weighted by atomic mass is 10.2. The van der Waals surface area contributed by atoms with Crippen molar-refractivity contribution in [2.45, 2.75) is 13.3 Å². The van der Waals surface area contributed by atoms with Gasteiger partial charge in [0.15, 0.2) is 0 Å². The number of methoxy groups -OCH3 is 1. The van der Waals surface area contributed by atoms with Crippen LogP contribution in [0.15, 0.2) is 12.1 Å². The molecule has 0 fully saturated rings. The van der Waals surface area contributed by atoms with E-state index in [0.29, 0.717) is 0 Å². The maximum absolute atomic E-state index is 6.11. The van der Waals surface area contributed by atoms with E-state index in [-0.39, 0.29) is 0 Å². The number of rotatable bonds is 5. The van der Waals surface area contributed by atoms with Crippen LogP contribution in [0.5, 0.6) is 0 Å². The lowest BCUT2D eigenvalue weighted by Crippen LogP contribution is -2.20. The molecular formula is C13H19N3OS. The van der Waals surface area contributed by atoms with Gasteiger partial charge >= 0.3 is 0 Å². The number of fused-ring (bicyclic) bond motifs is 1. The van der Waals surface area contributed by atoms with Crippen LogP contribution >= 0.6 is 11.3 Å². The van der Waals surface area contributed by atoms with E-state index < -0.39 is 0 Å². The Morgan fingerprint density at radius 2 is 2.22 bits per heavy atom.